The number of ether oxygens (including phenoxy) is 1. The molecule has 0 aliphatic carbocycles. The number of aliphatic hydroxyl groups is 2. The van der Waals surface area contributed by atoms with E-state index in [4.69, 9.17) is 14.9 Å². The Kier molecular flexibility index (Phi) is 14.7. The second-order valence-corrected chi connectivity index (χ2v) is 18.3. The maximum atomic E-state index is 14.3. The molecule has 0 saturated carbocycles. The molecule has 3 amide bonds. The number of β-amino-alcohol motifs (C(OH)–C–C–N with tert-alkyl or cyclic N) is 1. The number of likely N-dealkylation sites (tertiary alicyclic amines) is 3. The molecule has 0 spiro atoms. The molecule has 5 heterocycles. The number of thioether (sulfide) groups is 1. The standard InChI is InChI=1S/C41H60F3N7O6S/c1-40(2,3)57-39(56)49-17-8-28(9-18-49)22-37(55)50-19-12-34-32(26-50)38(46-51(34)25-31(53)24-48-15-10-30(11-16-48)45-36(54)27-52)29-6-7-33(41(42,43)44)35(23-29)58-21-20-47-13-4-5-14-47/h6-7,23,28,30-31,52-53H,4-5,8-22,24-27H2,1-3H3,(H,45,54). The van der Waals surface area contributed by atoms with Crippen LogP contribution in [0.2, 0.25) is 0 Å². The van der Waals surface area contributed by atoms with Crippen molar-refractivity contribution >= 4 is 29.7 Å². The first kappa shape index (κ1) is 44.2. The maximum Gasteiger partial charge on any atom is 0.417 e. The van der Waals surface area contributed by atoms with Crippen LogP contribution in [0, 0.1) is 5.92 Å². The number of hydrogen-bond donors (Lipinski definition) is 3. The van der Waals surface area contributed by atoms with E-state index in [-0.39, 0.29) is 41.9 Å². The van der Waals surface area contributed by atoms with Gasteiger partial charge in [-0.1, -0.05) is 6.07 Å². The van der Waals surface area contributed by atoms with Gasteiger partial charge < -0.3 is 39.9 Å². The number of benzene rings is 1. The molecule has 0 radical (unpaired) electrons. The van der Waals surface area contributed by atoms with Crippen molar-refractivity contribution in [2.45, 2.75) is 114 Å². The van der Waals surface area contributed by atoms with Crippen LogP contribution >= 0.6 is 11.8 Å². The number of alkyl halides is 3. The average molecular weight is 836 g/mol. The summed E-state index contributed by atoms with van der Waals surface area (Å²) < 4.78 is 50.2. The first-order valence-corrected chi connectivity index (χ1v) is 21.8. The minimum absolute atomic E-state index is 0.00994. The van der Waals surface area contributed by atoms with E-state index in [1.54, 1.807) is 15.6 Å². The van der Waals surface area contributed by atoms with Crippen molar-refractivity contribution in [3.63, 3.8) is 0 Å². The Morgan fingerprint density at radius 1 is 0.948 bits per heavy atom. The number of aliphatic hydroxyl groups excluding tert-OH is 2. The van der Waals surface area contributed by atoms with Crippen molar-refractivity contribution in [1.29, 1.82) is 0 Å². The summed E-state index contributed by atoms with van der Waals surface area (Å²) in [5.74, 6) is 0.217. The van der Waals surface area contributed by atoms with Crippen molar-refractivity contribution in [3.05, 3.63) is 35.0 Å². The summed E-state index contributed by atoms with van der Waals surface area (Å²) >= 11 is 1.20. The summed E-state index contributed by atoms with van der Waals surface area (Å²) in [4.78, 5) is 46.1. The predicted molar refractivity (Wildman–Crippen MR) is 214 cm³/mol. The summed E-state index contributed by atoms with van der Waals surface area (Å²) in [5.41, 5.74) is 1.42. The number of halogens is 3. The summed E-state index contributed by atoms with van der Waals surface area (Å²) in [6.07, 6.45) is 0.106. The number of carbonyl (C=O) groups excluding carboxylic acids is 3. The van der Waals surface area contributed by atoms with Crippen LogP contribution in [-0.2, 0) is 40.0 Å². The predicted octanol–water partition coefficient (Wildman–Crippen LogP) is 4.61. The summed E-state index contributed by atoms with van der Waals surface area (Å²) in [6, 6.07) is 4.15. The summed E-state index contributed by atoms with van der Waals surface area (Å²) in [5, 5.41) is 28.2. The van der Waals surface area contributed by atoms with Crippen molar-refractivity contribution in [3.8, 4) is 11.3 Å². The van der Waals surface area contributed by atoms with Gasteiger partial charge in [-0.25, -0.2) is 4.79 Å². The fourth-order valence-corrected chi connectivity index (χ4v) is 9.63. The Morgan fingerprint density at radius 2 is 1.66 bits per heavy atom. The molecule has 1 atom stereocenters. The minimum Gasteiger partial charge on any atom is -0.444 e. The first-order valence-electron chi connectivity index (χ1n) is 20.8. The zero-order valence-corrected chi connectivity index (χ0v) is 34.9. The second kappa shape index (κ2) is 19.3. The SMILES string of the molecule is CC(C)(C)OC(=O)N1CCC(CC(=O)N2CCc3c(c(-c4ccc(C(F)(F)F)c(SCCN5CCCC5)c4)nn3CC(O)CN3CCC(NC(=O)CO)CC3)C2)CC1. The topological polar surface area (TPSA) is 144 Å². The number of nitrogens with zero attached hydrogens (tertiary/aromatic N) is 6. The Balaban J connectivity index is 1.18. The molecule has 1 aromatic heterocycles. The van der Waals surface area contributed by atoms with E-state index in [0.29, 0.717) is 101 Å². The van der Waals surface area contributed by atoms with E-state index in [1.165, 1.54) is 17.8 Å². The number of piperidine rings is 2. The van der Waals surface area contributed by atoms with Crippen LogP contribution in [0.1, 0.15) is 82.5 Å². The monoisotopic (exact) mass is 835 g/mol. The lowest BCUT2D eigenvalue weighted by Gasteiger charge is -2.35. The fourth-order valence-electron chi connectivity index (χ4n) is 8.51. The third kappa shape index (κ3) is 11.9. The number of hydrogen-bond acceptors (Lipinski definition) is 10. The van der Waals surface area contributed by atoms with Gasteiger partial charge in [0.2, 0.25) is 11.8 Å². The van der Waals surface area contributed by atoms with Gasteiger partial charge in [0.25, 0.3) is 0 Å². The second-order valence-electron chi connectivity index (χ2n) is 17.2. The molecule has 6 rings (SSSR count). The van der Waals surface area contributed by atoms with Gasteiger partial charge in [-0.05, 0) is 90.4 Å². The van der Waals surface area contributed by atoms with Gasteiger partial charge in [0, 0.05) is 98.7 Å². The van der Waals surface area contributed by atoms with Crippen LogP contribution in [-0.4, -0.2) is 147 Å². The summed E-state index contributed by atoms with van der Waals surface area (Å²) in [7, 11) is 0. The normalized spacial score (nSPS) is 19.7. The highest BCUT2D eigenvalue weighted by Gasteiger charge is 2.36. The largest absolute Gasteiger partial charge is 0.444 e. The number of nitrogens with one attached hydrogen (secondary N) is 1. The third-order valence-corrected chi connectivity index (χ3v) is 12.6. The molecule has 1 aromatic carbocycles. The smallest absolute Gasteiger partial charge is 0.417 e. The van der Waals surface area contributed by atoms with Crippen LogP contribution in [0.4, 0.5) is 18.0 Å². The van der Waals surface area contributed by atoms with Gasteiger partial charge in [-0.3, -0.25) is 14.3 Å². The molecule has 4 aliphatic rings. The van der Waals surface area contributed by atoms with Crippen LogP contribution < -0.4 is 5.32 Å². The van der Waals surface area contributed by atoms with Gasteiger partial charge in [-0.15, -0.1) is 11.8 Å². The molecule has 17 heteroatoms. The highest BCUT2D eigenvalue weighted by Crippen LogP contribution is 2.40. The number of carbonyl (C=O) groups is 3. The van der Waals surface area contributed by atoms with Crippen molar-refractivity contribution in [1.82, 2.24) is 34.7 Å². The molecule has 2 aromatic rings. The lowest BCUT2D eigenvalue weighted by molar-refractivity contribution is -0.139. The zero-order valence-electron chi connectivity index (χ0n) is 34.1. The maximum absolute atomic E-state index is 14.3. The molecule has 4 aliphatic heterocycles. The molecular weight excluding hydrogens is 776 g/mol. The van der Waals surface area contributed by atoms with Gasteiger partial charge >= 0.3 is 12.3 Å². The Bertz CT molecular complexity index is 1730. The van der Waals surface area contributed by atoms with Crippen LogP contribution in [0.25, 0.3) is 11.3 Å². The molecule has 3 N–H and O–H groups in total. The van der Waals surface area contributed by atoms with E-state index < -0.39 is 36.0 Å². The molecule has 3 fully saturated rings. The average Bonchev–Trinajstić information content (AvgIpc) is 3.82. The van der Waals surface area contributed by atoms with Gasteiger partial charge in [0.05, 0.1) is 23.9 Å². The zero-order chi connectivity index (χ0) is 41.6. The fraction of sp³-hybridized carbons (Fsp3) is 0.707. The van der Waals surface area contributed by atoms with E-state index >= 15 is 0 Å². The van der Waals surface area contributed by atoms with Gasteiger partial charge in [0.1, 0.15) is 12.2 Å². The number of rotatable bonds is 13. The lowest BCUT2D eigenvalue weighted by atomic mass is 9.92. The lowest BCUT2D eigenvalue weighted by Crippen LogP contribution is -2.47. The van der Waals surface area contributed by atoms with Crippen molar-refractivity contribution < 1.29 is 42.5 Å². The highest BCUT2D eigenvalue weighted by atomic mass is 32.2. The minimum atomic E-state index is -4.53. The Hall–Kier alpha value is -3.38. The molecule has 0 bridgehead atoms. The first-order chi connectivity index (χ1) is 27.6. The van der Waals surface area contributed by atoms with E-state index in [0.717, 1.165) is 43.3 Å². The number of aromatic nitrogens is 2. The molecule has 3 saturated heterocycles. The van der Waals surface area contributed by atoms with Crippen molar-refractivity contribution in [2.24, 2.45) is 5.92 Å². The molecular formula is C41H60F3N7O6S. The molecule has 1 unspecified atom stereocenters. The van der Waals surface area contributed by atoms with E-state index in [9.17, 15) is 32.7 Å². The highest BCUT2D eigenvalue weighted by molar-refractivity contribution is 7.99. The number of amides is 3. The number of fused-ring (bicyclic) bond motifs is 1. The molecule has 58 heavy (non-hydrogen) atoms. The van der Waals surface area contributed by atoms with Gasteiger partial charge in [0.15, 0.2) is 0 Å². The molecule has 322 valence electrons. The summed E-state index contributed by atoms with van der Waals surface area (Å²) in [6.45, 7) is 11.2. The van der Waals surface area contributed by atoms with E-state index in [1.807, 2.05) is 25.7 Å². The Labute approximate surface area is 343 Å². The van der Waals surface area contributed by atoms with Crippen LogP contribution in [0.15, 0.2) is 23.1 Å². The van der Waals surface area contributed by atoms with Crippen LogP contribution in [0.5, 0.6) is 0 Å². The quantitative estimate of drug-likeness (QED) is 0.245. The van der Waals surface area contributed by atoms with Crippen LogP contribution in [0.3, 0.4) is 0 Å². The van der Waals surface area contributed by atoms with E-state index in [2.05, 4.69) is 15.1 Å². The van der Waals surface area contributed by atoms with Crippen molar-refractivity contribution in [2.75, 3.05) is 71.3 Å². The molecule has 13 nitrogen and oxygen atoms in total. The third-order valence-electron chi connectivity index (χ3n) is 11.6. The van der Waals surface area contributed by atoms with Gasteiger partial charge in [-0.2, -0.15) is 18.3 Å². The Morgan fingerprint density at radius 3 is 2.31 bits per heavy atom.